The summed E-state index contributed by atoms with van der Waals surface area (Å²) in [5.41, 5.74) is 25.4. The molecular weight excluding hydrogens is 791 g/mol. The molecule has 1 saturated carbocycles. The zero-order valence-corrected chi connectivity index (χ0v) is 36.1. The minimum atomic E-state index is 0.0549. The van der Waals surface area contributed by atoms with Gasteiger partial charge in [0.1, 0.15) is 13.2 Å². The third-order valence-corrected chi connectivity index (χ3v) is 20.3. The molecule has 65 heavy (non-hydrogen) atoms. The van der Waals surface area contributed by atoms with Crippen molar-refractivity contribution >= 4 is 87.1 Å². The van der Waals surface area contributed by atoms with E-state index in [4.69, 9.17) is 9.47 Å². The highest BCUT2D eigenvalue weighted by molar-refractivity contribution is 6.52. The molecule has 2 fully saturated rings. The average Bonchev–Trinajstić information content (AvgIpc) is 4.19. The fourth-order valence-electron chi connectivity index (χ4n) is 19.0. The van der Waals surface area contributed by atoms with Crippen LogP contribution in [0.4, 0.5) is 0 Å². The number of benzene rings is 8. The molecule has 0 N–H and O–H groups in total. The van der Waals surface area contributed by atoms with Gasteiger partial charge < -0.3 is 9.47 Å². The molecule has 10 aromatic rings. The Bertz CT molecular complexity index is 4230. The van der Waals surface area contributed by atoms with Gasteiger partial charge >= 0.3 is 0 Å². The predicted octanol–water partition coefficient (Wildman–Crippen LogP) is 12.2. The van der Waals surface area contributed by atoms with Gasteiger partial charge in [0, 0.05) is 57.0 Å². The lowest BCUT2D eigenvalue weighted by Crippen LogP contribution is -2.45. The SMILES string of the molecule is CN1CC2C3CC4=c5c6c7c8c9c%10c%11c%12c%13c%14c(cc%15cc(c5c5c%15c%14c(c9%12)c75)C4)=C=C%13CC%11CC4CC2(C(=C8C63)C%104)C1c1ccc(OCc2ccccc2)c(OCc2ccccc2)c1. The Morgan fingerprint density at radius 3 is 2.26 bits per heavy atom. The second-order valence-electron chi connectivity index (χ2n) is 22.6. The summed E-state index contributed by atoms with van der Waals surface area (Å²) in [6, 6.07) is 33.8. The van der Waals surface area contributed by atoms with Crippen molar-refractivity contribution in [1.29, 1.82) is 0 Å². The Labute approximate surface area is 374 Å². The fraction of sp³-hybridized carbons (Fsp3) is 0.274. The van der Waals surface area contributed by atoms with Gasteiger partial charge in [0.05, 0.1) is 0 Å². The number of ether oxygens (including phenoxy) is 2. The minimum absolute atomic E-state index is 0.0549. The highest BCUT2D eigenvalue weighted by atomic mass is 16.5. The molecule has 1 heterocycles. The maximum atomic E-state index is 6.90. The zero-order valence-electron chi connectivity index (χ0n) is 36.1. The third kappa shape index (κ3) is 3.10. The zero-order chi connectivity index (χ0) is 41.2. The standard InChI is InChI=1S/C62H41NO2/c1-63-23-37-36-20-34-18-31-16-32-15-29-14-30-17-33-19-35-22-62(37,61(63)28-12-13-38(64-24-26-8-4-2-5-9-26)39(21-28)65-25-27-10-6-3-7-11-27)60-46(35)51-45(33)50-41(30)40(29)48-44(32)49-42(31)43(34)52-47(36)59(60)58-56(51)54(50)53(48)55(49)57(52)58/h2-13,15-16,21,33,35-37,46-47,61H,17-20,22-25H2,1H3. The first kappa shape index (κ1) is 32.3. The predicted molar refractivity (Wildman–Crippen MR) is 259 cm³/mol. The molecular formula is C62H41NO2. The molecule has 8 unspecified atom stereocenters. The maximum Gasteiger partial charge on any atom is 0.162 e. The van der Waals surface area contributed by atoms with Crippen LogP contribution in [-0.2, 0) is 19.6 Å². The Morgan fingerprint density at radius 1 is 0.677 bits per heavy atom. The van der Waals surface area contributed by atoms with E-state index in [0.717, 1.165) is 30.9 Å². The van der Waals surface area contributed by atoms with Gasteiger partial charge in [0.15, 0.2) is 11.5 Å². The number of nitrogens with zero attached hydrogens (tertiary/aromatic N) is 1. The first-order valence-corrected chi connectivity index (χ1v) is 24.7. The number of hydrogen-bond donors (Lipinski definition) is 0. The van der Waals surface area contributed by atoms with E-state index in [1.165, 1.54) is 52.1 Å². The number of likely N-dealkylation sites (tertiary alicyclic amines) is 1. The van der Waals surface area contributed by atoms with Crippen molar-refractivity contribution in [2.24, 2.45) is 23.2 Å². The summed E-state index contributed by atoms with van der Waals surface area (Å²) in [7, 11) is 2.49. The molecule has 10 aliphatic rings. The summed E-state index contributed by atoms with van der Waals surface area (Å²) in [5.74, 6) is 5.18. The van der Waals surface area contributed by atoms with E-state index in [9.17, 15) is 0 Å². The van der Waals surface area contributed by atoms with E-state index >= 15 is 0 Å². The Hall–Kier alpha value is -6.38. The Morgan fingerprint density at radius 2 is 1.42 bits per heavy atom. The molecule has 9 aliphatic carbocycles. The molecule has 1 saturated heterocycles. The first-order valence-electron chi connectivity index (χ1n) is 24.7. The summed E-state index contributed by atoms with van der Waals surface area (Å²) < 4.78 is 13.6. The van der Waals surface area contributed by atoms with Gasteiger partial charge in [-0.15, -0.1) is 5.73 Å². The van der Waals surface area contributed by atoms with Gasteiger partial charge in [-0.3, -0.25) is 4.90 Å². The molecule has 3 heteroatoms. The number of allylic oxidation sites excluding steroid dienone is 2. The lowest BCUT2D eigenvalue weighted by molar-refractivity contribution is 0.129. The number of fused-ring (bicyclic) bond motifs is 1. The third-order valence-electron chi connectivity index (χ3n) is 20.3. The van der Waals surface area contributed by atoms with Crippen molar-refractivity contribution in [2.75, 3.05) is 13.6 Å². The molecule has 1 aliphatic heterocycles. The highest BCUT2D eigenvalue weighted by Crippen LogP contribution is 2.82. The summed E-state index contributed by atoms with van der Waals surface area (Å²) >= 11 is 0. The van der Waals surface area contributed by atoms with Crippen LogP contribution < -0.4 is 19.9 Å². The molecule has 20 rings (SSSR count). The average molecular weight is 832 g/mol. The van der Waals surface area contributed by atoms with E-state index in [2.05, 4.69) is 109 Å². The Kier molecular flexibility index (Phi) is 4.92. The van der Waals surface area contributed by atoms with Crippen molar-refractivity contribution in [3.05, 3.63) is 157 Å². The lowest BCUT2D eigenvalue weighted by Gasteiger charge is -2.52. The van der Waals surface area contributed by atoms with Crippen LogP contribution in [0, 0.1) is 23.2 Å². The highest BCUT2D eigenvalue weighted by Gasteiger charge is 2.71. The van der Waals surface area contributed by atoms with Gasteiger partial charge in [0.2, 0.25) is 0 Å². The van der Waals surface area contributed by atoms with Crippen molar-refractivity contribution in [1.82, 2.24) is 4.90 Å². The van der Waals surface area contributed by atoms with Crippen LogP contribution in [0.1, 0.15) is 99.5 Å². The van der Waals surface area contributed by atoms with Gasteiger partial charge in [-0.2, -0.15) is 0 Å². The quantitative estimate of drug-likeness (QED) is 0.149. The van der Waals surface area contributed by atoms with Crippen LogP contribution in [0.25, 0.3) is 87.1 Å². The van der Waals surface area contributed by atoms with Crippen molar-refractivity contribution in [2.45, 2.75) is 69.1 Å². The number of hydrogen-bond acceptors (Lipinski definition) is 3. The molecule has 10 aromatic carbocycles. The van der Waals surface area contributed by atoms with Crippen molar-refractivity contribution in [3.63, 3.8) is 0 Å². The van der Waals surface area contributed by atoms with Gasteiger partial charge in [-0.1, -0.05) is 78.4 Å². The summed E-state index contributed by atoms with van der Waals surface area (Å²) in [4.78, 5) is 2.83. The maximum absolute atomic E-state index is 6.90. The summed E-state index contributed by atoms with van der Waals surface area (Å²) in [6.45, 7) is 2.18. The van der Waals surface area contributed by atoms with E-state index in [0.29, 0.717) is 48.7 Å². The van der Waals surface area contributed by atoms with E-state index in [1.54, 1.807) is 97.9 Å². The molecule has 1 spiro atoms. The van der Waals surface area contributed by atoms with Crippen LogP contribution >= 0.6 is 0 Å². The van der Waals surface area contributed by atoms with Gasteiger partial charge in [-0.05, 0) is 196 Å². The molecule has 0 bridgehead atoms. The molecule has 3 nitrogen and oxygen atoms in total. The second-order valence-corrected chi connectivity index (χ2v) is 22.6. The molecule has 306 valence electrons. The monoisotopic (exact) mass is 831 g/mol. The molecule has 8 atom stereocenters. The second kappa shape index (κ2) is 9.90. The van der Waals surface area contributed by atoms with Crippen LogP contribution in [-0.4, -0.2) is 18.5 Å². The largest absolute Gasteiger partial charge is 0.485 e. The summed E-state index contributed by atoms with van der Waals surface area (Å²) in [5, 5.41) is 22.8. The van der Waals surface area contributed by atoms with Crippen LogP contribution in [0.5, 0.6) is 11.5 Å². The van der Waals surface area contributed by atoms with Crippen LogP contribution in [0.2, 0.25) is 0 Å². The minimum Gasteiger partial charge on any atom is -0.485 e. The first-order chi connectivity index (χ1) is 32.1. The van der Waals surface area contributed by atoms with Crippen LogP contribution in [0.3, 0.4) is 0 Å². The Balaban J connectivity index is 0.884. The topological polar surface area (TPSA) is 21.7 Å². The fourth-order valence-corrected chi connectivity index (χ4v) is 19.0. The van der Waals surface area contributed by atoms with Crippen LogP contribution in [0.15, 0.2) is 96.6 Å². The molecule has 0 amide bonds. The van der Waals surface area contributed by atoms with Crippen molar-refractivity contribution < 1.29 is 9.47 Å². The van der Waals surface area contributed by atoms with Crippen molar-refractivity contribution in [3.8, 4) is 11.5 Å². The van der Waals surface area contributed by atoms with E-state index in [1.807, 2.05) is 16.7 Å². The lowest BCUT2D eigenvalue weighted by atomic mass is 9.51. The van der Waals surface area contributed by atoms with Gasteiger partial charge in [-0.25, -0.2) is 0 Å². The summed E-state index contributed by atoms with van der Waals surface area (Å²) in [6.07, 6.45) is 6.14. The van der Waals surface area contributed by atoms with E-state index < -0.39 is 0 Å². The normalized spacial score (nSPS) is 29.4. The van der Waals surface area contributed by atoms with Gasteiger partial charge in [0.25, 0.3) is 0 Å². The molecule has 0 aromatic heterocycles. The smallest absolute Gasteiger partial charge is 0.162 e. The van der Waals surface area contributed by atoms with E-state index in [-0.39, 0.29) is 11.5 Å². The number of rotatable bonds is 7. The molecule has 0 radical (unpaired) electrons.